The predicted molar refractivity (Wildman–Crippen MR) is 145 cm³/mol. The first-order chi connectivity index (χ1) is 18.9. The van der Waals surface area contributed by atoms with E-state index >= 15 is 4.39 Å². The second-order valence-electron chi connectivity index (χ2n) is 9.79. The van der Waals surface area contributed by atoms with Crippen LogP contribution in [0.15, 0.2) is 66.5 Å². The Bertz CT molecular complexity index is 1590. The van der Waals surface area contributed by atoms with Gasteiger partial charge in [0.25, 0.3) is 5.91 Å². The highest BCUT2D eigenvalue weighted by Crippen LogP contribution is 2.36. The molecule has 2 N–H and O–H groups in total. The lowest BCUT2D eigenvalue weighted by Crippen LogP contribution is -2.41. The molecule has 0 aliphatic carbocycles. The number of fused-ring (bicyclic) bond motifs is 1. The summed E-state index contributed by atoms with van der Waals surface area (Å²) in [7, 11) is 0. The number of anilines is 1. The number of para-hydroxylation sites is 1. The Morgan fingerprint density at radius 1 is 1.21 bits per heavy atom. The molecule has 0 unspecified atom stereocenters. The van der Waals surface area contributed by atoms with Gasteiger partial charge in [-0.2, -0.15) is 10.4 Å². The number of nitrogens with zero attached hydrogens (tertiary/aromatic N) is 6. The van der Waals surface area contributed by atoms with Gasteiger partial charge in [0.15, 0.2) is 5.65 Å². The number of likely N-dealkylation sites (tertiary alicyclic amines) is 1. The number of nitriles is 1. The van der Waals surface area contributed by atoms with E-state index in [4.69, 9.17) is 15.6 Å². The Balaban J connectivity index is 1.49. The Kier molecular flexibility index (Phi) is 7.23. The lowest BCUT2D eigenvalue weighted by Gasteiger charge is -2.33. The molecule has 0 bridgehead atoms. The standard InChI is InChI=1S/C29H28FN7O2/c1-18(2)13-19(15-31)29(38)36-12-6-7-20(16-36)37-28-25(27(32)33-17-34-28)26(35-37)23-11-10-22(14-24(23)30)39-21-8-4-3-5-9-21/h3-5,8-11,13-14,17-18,20H,6-7,12,16H2,1-2H3,(H2,32,33,34)/b19-13-/t20-/m0/s1. The van der Waals surface area contributed by atoms with Gasteiger partial charge in [-0.1, -0.05) is 38.1 Å². The zero-order valence-corrected chi connectivity index (χ0v) is 21.7. The average molecular weight is 526 g/mol. The number of ether oxygens (including phenoxy) is 1. The molecule has 5 rings (SSSR count). The minimum Gasteiger partial charge on any atom is -0.457 e. The normalized spacial score (nSPS) is 15.9. The summed E-state index contributed by atoms with van der Waals surface area (Å²) in [5.41, 5.74) is 7.37. The van der Waals surface area contributed by atoms with Crippen molar-refractivity contribution in [2.75, 3.05) is 18.8 Å². The number of amides is 1. The highest BCUT2D eigenvalue weighted by molar-refractivity contribution is 5.99. The molecule has 2 aromatic heterocycles. The number of halogens is 1. The van der Waals surface area contributed by atoms with E-state index in [2.05, 4.69) is 9.97 Å². The zero-order chi connectivity index (χ0) is 27.5. The number of rotatable bonds is 6. The van der Waals surface area contributed by atoms with Crippen molar-refractivity contribution in [2.45, 2.75) is 32.7 Å². The zero-order valence-electron chi connectivity index (χ0n) is 21.7. The maximum Gasteiger partial charge on any atom is 0.264 e. The maximum absolute atomic E-state index is 15.4. The van der Waals surface area contributed by atoms with Crippen LogP contribution in [0.4, 0.5) is 10.2 Å². The van der Waals surface area contributed by atoms with Gasteiger partial charge in [-0.3, -0.25) is 4.79 Å². The van der Waals surface area contributed by atoms with Crippen molar-refractivity contribution in [1.29, 1.82) is 5.26 Å². The van der Waals surface area contributed by atoms with E-state index in [1.165, 1.54) is 12.4 Å². The van der Waals surface area contributed by atoms with Crippen LogP contribution in [0.3, 0.4) is 0 Å². The number of allylic oxidation sites excluding steroid dienone is 1. The van der Waals surface area contributed by atoms with E-state index in [1.807, 2.05) is 38.1 Å². The predicted octanol–water partition coefficient (Wildman–Crippen LogP) is 5.28. The summed E-state index contributed by atoms with van der Waals surface area (Å²) in [5, 5.41) is 14.7. The fourth-order valence-electron chi connectivity index (χ4n) is 4.81. The molecule has 1 fully saturated rings. The molecular weight excluding hydrogens is 497 g/mol. The van der Waals surface area contributed by atoms with Gasteiger partial charge >= 0.3 is 0 Å². The lowest BCUT2D eigenvalue weighted by molar-refractivity contribution is -0.128. The number of nitrogens with two attached hydrogens (primary N) is 1. The molecule has 1 aliphatic rings. The fraction of sp³-hybridized carbons (Fsp3) is 0.276. The van der Waals surface area contributed by atoms with Gasteiger partial charge < -0.3 is 15.4 Å². The van der Waals surface area contributed by atoms with Gasteiger partial charge in [-0.05, 0) is 43.0 Å². The Morgan fingerprint density at radius 2 is 2.00 bits per heavy atom. The number of hydrogen-bond donors (Lipinski definition) is 1. The summed E-state index contributed by atoms with van der Waals surface area (Å²) in [6.07, 6.45) is 4.47. The maximum atomic E-state index is 15.4. The molecule has 3 heterocycles. The monoisotopic (exact) mass is 525 g/mol. The van der Waals surface area contributed by atoms with Gasteiger partial charge in [-0.25, -0.2) is 19.0 Å². The number of benzene rings is 2. The molecule has 1 atom stereocenters. The molecule has 0 spiro atoms. The highest BCUT2D eigenvalue weighted by atomic mass is 19.1. The first-order valence-corrected chi connectivity index (χ1v) is 12.8. The quantitative estimate of drug-likeness (QED) is 0.268. The summed E-state index contributed by atoms with van der Waals surface area (Å²) >= 11 is 0. The molecule has 1 aliphatic heterocycles. The number of aromatic nitrogens is 4. The van der Waals surface area contributed by atoms with Crippen LogP contribution in [-0.2, 0) is 4.79 Å². The topological polar surface area (TPSA) is 123 Å². The van der Waals surface area contributed by atoms with Gasteiger partial charge in [0.1, 0.15) is 46.8 Å². The molecular formula is C29H28FN7O2. The van der Waals surface area contributed by atoms with Gasteiger partial charge in [-0.15, -0.1) is 0 Å². The lowest BCUT2D eigenvalue weighted by atomic mass is 10.0. The largest absolute Gasteiger partial charge is 0.457 e. The van der Waals surface area contributed by atoms with Crippen LogP contribution in [0, 0.1) is 23.1 Å². The summed E-state index contributed by atoms with van der Waals surface area (Å²) in [6, 6.07) is 15.5. The average Bonchev–Trinajstić information content (AvgIpc) is 3.33. The van der Waals surface area contributed by atoms with Crippen LogP contribution in [0.1, 0.15) is 32.7 Å². The molecule has 4 aromatic rings. The molecule has 2 aromatic carbocycles. The van der Waals surface area contributed by atoms with Crippen LogP contribution in [0.2, 0.25) is 0 Å². The van der Waals surface area contributed by atoms with E-state index in [0.717, 1.165) is 6.42 Å². The summed E-state index contributed by atoms with van der Waals surface area (Å²) in [4.78, 5) is 23.3. The minimum atomic E-state index is -0.531. The van der Waals surface area contributed by atoms with Crippen molar-refractivity contribution >= 4 is 22.8 Å². The SMILES string of the molecule is CC(C)/C=C(/C#N)C(=O)N1CCC[C@H](n2nc(-c3ccc(Oc4ccccc4)cc3F)c3c(N)ncnc32)C1. The number of hydrogen-bond acceptors (Lipinski definition) is 7. The van der Waals surface area contributed by atoms with Gasteiger partial charge in [0, 0.05) is 24.7 Å². The van der Waals surface area contributed by atoms with Crippen LogP contribution >= 0.6 is 0 Å². The number of nitrogen functional groups attached to an aromatic ring is 1. The van der Waals surface area contributed by atoms with Crippen molar-refractivity contribution < 1.29 is 13.9 Å². The van der Waals surface area contributed by atoms with Crippen molar-refractivity contribution in [3.8, 4) is 28.8 Å². The summed E-state index contributed by atoms with van der Waals surface area (Å²) < 4.78 is 22.9. The minimum absolute atomic E-state index is 0.0702. The number of piperidine rings is 1. The van der Waals surface area contributed by atoms with Crippen LogP contribution in [0.5, 0.6) is 11.5 Å². The fourth-order valence-corrected chi connectivity index (χ4v) is 4.81. The van der Waals surface area contributed by atoms with E-state index in [0.29, 0.717) is 47.7 Å². The van der Waals surface area contributed by atoms with Crippen molar-refractivity contribution in [2.24, 2.45) is 5.92 Å². The molecule has 9 nitrogen and oxygen atoms in total. The van der Waals surface area contributed by atoms with Crippen molar-refractivity contribution in [3.05, 3.63) is 72.3 Å². The third-order valence-corrected chi connectivity index (χ3v) is 6.57. The van der Waals surface area contributed by atoms with E-state index in [9.17, 15) is 10.1 Å². The van der Waals surface area contributed by atoms with Crippen molar-refractivity contribution in [1.82, 2.24) is 24.6 Å². The molecule has 1 amide bonds. The summed E-state index contributed by atoms with van der Waals surface area (Å²) in [6.45, 7) is 4.71. The third kappa shape index (κ3) is 5.29. The first kappa shape index (κ1) is 25.9. The Labute approximate surface area is 225 Å². The Morgan fingerprint density at radius 3 is 2.72 bits per heavy atom. The van der Waals surface area contributed by atoms with Gasteiger partial charge in [0.05, 0.1) is 11.4 Å². The molecule has 0 saturated carbocycles. The second-order valence-corrected chi connectivity index (χ2v) is 9.79. The smallest absolute Gasteiger partial charge is 0.264 e. The second kappa shape index (κ2) is 10.9. The number of carbonyl (C=O) groups excluding carboxylic acids is 1. The first-order valence-electron chi connectivity index (χ1n) is 12.8. The molecule has 1 saturated heterocycles. The van der Waals surface area contributed by atoms with E-state index in [1.54, 1.807) is 39.9 Å². The van der Waals surface area contributed by atoms with Crippen LogP contribution in [-0.4, -0.2) is 43.6 Å². The molecule has 39 heavy (non-hydrogen) atoms. The molecule has 0 radical (unpaired) electrons. The van der Waals surface area contributed by atoms with E-state index < -0.39 is 5.82 Å². The van der Waals surface area contributed by atoms with Crippen LogP contribution < -0.4 is 10.5 Å². The summed E-state index contributed by atoms with van der Waals surface area (Å²) in [5.74, 6) is 0.357. The number of carbonyl (C=O) groups is 1. The molecule has 10 heteroatoms. The van der Waals surface area contributed by atoms with Crippen LogP contribution in [0.25, 0.3) is 22.3 Å². The van der Waals surface area contributed by atoms with E-state index in [-0.39, 0.29) is 34.8 Å². The Hall–Kier alpha value is -4.78. The van der Waals surface area contributed by atoms with Crippen molar-refractivity contribution in [3.63, 3.8) is 0 Å². The highest BCUT2D eigenvalue weighted by Gasteiger charge is 2.30. The molecule has 198 valence electrons. The van der Waals surface area contributed by atoms with Gasteiger partial charge in [0.2, 0.25) is 0 Å². The third-order valence-electron chi connectivity index (χ3n) is 6.57.